The van der Waals surface area contributed by atoms with E-state index < -0.39 is 9.28 Å². The quantitative estimate of drug-likeness (QED) is 0.660. The highest BCUT2D eigenvalue weighted by Crippen LogP contribution is 2.03. The Kier molecular flexibility index (Phi) is 11.6. The molecule has 98 valence electrons. The van der Waals surface area contributed by atoms with E-state index >= 15 is 0 Å². The fourth-order valence-electron chi connectivity index (χ4n) is 1.16. The lowest BCUT2D eigenvalue weighted by atomic mass is 10.3. The first-order chi connectivity index (χ1) is 7.70. The molecule has 0 spiro atoms. The summed E-state index contributed by atoms with van der Waals surface area (Å²) in [7, 11) is -1.37. The van der Waals surface area contributed by atoms with Crippen LogP contribution in [-0.2, 0) is 8.85 Å². The summed E-state index contributed by atoms with van der Waals surface area (Å²) in [4.78, 5) is 0. The third kappa shape index (κ3) is 10.6. The van der Waals surface area contributed by atoms with Crippen LogP contribution < -0.4 is 11.1 Å². The summed E-state index contributed by atoms with van der Waals surface area (Å²) in [5.74, 6) is 0. The van der Waals surface area contributed by atoms with Gasteiger partial charge in [0.05, 0.1) is 0 Å². The monoisotopic (exact) mass is 248 g/mol. The fourth-order valence-corrected chi connectivity index (χ4v) is 3.13. The van der Waals surface area contributed by atoms with Gasteiger partial charge in [-0.2, -0.15) is 0 Å². The molecule has 16 heavy (non-hydrogen) atoms. The van der Waals surface area contributed by atoms with Crippen molar-refractivity contribution >= 4 is 9.28 Å². The zero-order valence-corrected chi connectivity index (χ0v) is 12.2. The van der Waals surface area contributed by atoms with Crippen LogP contribution in [0.2, 0.25) is 6.04 Å². The van der Waals surface area contributed by atoms with Gasteiger partial charge < -0.3 is 19.9 Å². The molecular weight excluding hydrogens is 220 g/mol. The van der Waals surface area contributed by atoms with Crippen LogP contribution in [0.3, 0.4) is 0 Å². The Morgan fingerprint density at radius 1 is 1.25 bits per heavy atom. The van der Waals surface area contributed by atoms with Gasteiger partial charge in [0.25, 0.3) is 0 Å². The van der Waals surface area contributed by atoms with Gasteiger partial charge in [0.2, 0.25) is 0 Å². The van der Waals surface area contributed by atoms with E-state index in [1.54, 1.807) is 0 Å². The molecule has 1 aliphatic rings. The first kappa shape index (κ1) is 16.1. The van der Waals surface area contributed by atoms with E-state index in [2.05, 4.69) is 5.32 Å². The Labute approximate surface area is 102 Å². The first-order valence-corrected chi connectivity index (χ1v) is 8.16. The Morgan fingerprint density at radius 2 is 1.69 bits per heavy atom. The highest BCUT2D eigenvalue weighted by atomic mass is 28.3. The van der Waals surface area contributed by atoms with Crippen LogP contribution in [0.15, 0.2) is 0 Å². The van der Waals surface area contributed by atoms with Crippen molar-refractivity contribution in [3.8, 4) is 0 Å². The lowest BCUT2D eigenvalue weighted by molar-refractivity contribution is 0.212. The van der Waals surface area contributed by atoms with Crippen LogP contribution in [0.4, 0.5) is 0 Å². The molecule has 0 bridgehead atoms. The first-order valence-electron chi connectivity index (χ1n) is 6.40. The van der Waals surface area contributed by atoms with Crippen molar-refractivity contribution in [1.82, 2.24) is 5.32 Å². The summed E-state index contributed by atoms with van der Waals surface area (Å²) in [5.41, 5.74) is 5.64. The molecule has 1 atom stereocenters. The van der Waals surface area contributed by atoms with Crippen LogP contribution in [0.1, 0.15) is 33.6 Å². The minimum atomic E-state index is -1.37. The maximum atomic E-state index is 5.64. The van der Waals surface area contributed by atoms with Gasteiger partial charge in [-0.25, -0.2) is 0 Å². The molecule has 1 saturated heterocycles. The van der Waals surface area contributed by atoms with Crippen molar-refractivity contribution in [1.29, 1.82) is 0 Å². The molecule has 0 amide bonds. The van der Waals surface area contributed by atoms with Gasteiger partial charge in [-0.15, -0.1) is 0 Å². The van der Waals surface area contributed by atoms with E-state index in [0.717, 1.165) is 25.7 Å². The van der Waals surface area contributed by atoms with Crippen molar-refractivity contribution in [3.63, 3.8) is 0 Å². The van der Waals surface area contributed by atoms with Crippen LogP contribution in [0.5, 0.6) is 0 Å². The second kappa shape index (κ2) is 11.5. The Balaban J connectivity index is 0.000000462. The molecule has 3 N–H and O–H groups in total. The second-order valence-electron chi connectivity index (χ2n) is 4.00. The molecule has 0 saturated carbocycles. The molecule has 1 rings (SSSR count). The van der Waals surface area contributed by atoms with Crippen LogP contribution in [0, 0.1) is 0 Å². The summed E-state index contributed by atoms with van der Waals surface area (Å²) >= 11 is 0. The summed E-state index contributed by atoms with van der Waals surface area (Å²) in [6, 6.07) is 1.29. The van der Waals surface area contributed by atoms with E-state index in [4.69, 9.17) is 14.6 Å². The Bertz CT molecular complexity index is 134. The predicted octanol–water partition coefficient (Wildman–Crippen LogP) is 0.997. The minimum Gasteiger partial charge on any atom is -0.397 e. The van der Waals surface area contributed by atoms with Gasteiger partial charge >= 0.3 is 9.28 Å². The van der Waals surface area contributed by atoms with Gasteiger partial charge in [0.15, 0.2) is 0 Å². The third-order valence-electron chi connectivity index (χ3n) is 2.27. The molecule has 1 fully saturated rings. The lowest BCUT2D eigenvalue weighted by Gasteiger charge is -2.15. The van der Waals surface area contributed by atoms with Crippen molar-refractivity contribution < 1.29 is 8.85 Å². The van der Waals surface area contributed by atoms with Gasteiger partial charge in [-0.1, -0.05) is 0 Å². The van der Waals surface area contributed by atoms with Crippen molar-refractivity contribution in [2.45, 2.75) is 45.7 Å². The average Bonchev–Trinajstić information content (AvgIpc) is 2.12. The largest absolute Gasteiger partial charge is 0.397 e. The highest BCUT2D eigenvalue weighted by molar-refractivity contribution is 6.44. The zero-order valence-electron chi connectivity index (χ0n) is 11.0. The standard InChI is InChI=1S/C8H21NO2Si.C3H7N/c1-4-10-12(11-5-2)7-6-8(3)9;1-2-4-3-1/h8,12H,4-7,9H2,1-3H3;4H,1-3H2. The van der Waals surface area contributed by atoms with Gasteiger partial charge in [0.1, 0.15) is 0 Å². The number of nitrogens with two attached hydrogens (primary N) is 1. The molecule has 0 aliphatic carbocycles. The second-order valence-corrected chi connectivity index (χ2v) is 6.10. The van der Waals surface area contributed by atoms with Crippen molar-refractivity contribution in [2.75, 3.05) is 26.3 Å². The summed E-state index contributed by atoms with van der Waals surface area (Å²) in [5, 5.41) is 3.11. The summed E-state index contributed by atoms with van der Waals surface area (Å²) in [6.45, 7) is 10.0. The van der Waals surface area contributed by atoms with E-state index in [1.165, 1.54) is 19.5 Å². The highest BCUT2D eigenvalue weighted by Gasteiger charge is 2.12. The maximum absolute atomic E-state index is 5.64. The summed E-state index contributed by atoms with van der Waals surface area (Å²) in [6.07, 6.45) is 2.40. The molecule has 1 heterocycles. The van der Waals surface area contributed by atoms with Crippen LogP contribution in [-0.4, -0.2) is 41.6 Å². The molecule has 1 unspecified atom stereocenters. The molecule has 5 heteroatoms. The van der Waals surface area contributed by atoms with Gasteiger partial charge in [0, 0.05) is 19.3 Å². The topological polar surface area (TPSA) is 56.5 Å². The molecule has 0 aromatic carbocycles. The SMILES string of the molecule is C1CNC1.CCO[SiH](CCC(C)N)OCC. The van der Waals surface area contributed by atoms with Crippen molar-refractivity contribution in [2.24, 2.45) is 5.73 Å². The van der Waals surface area contributed by atoms with E-state index in [9.17, 15) is 0 Å². The number of hydrogen-bond acceptors (Lipinski definition) is 4. The Morgan fingerprint density at radius 3 is 1.94 bits per heavy atom. The average molecular weight is 248 g/mol. The number of nitrogens with one attached hydrogen (secondary N) is 1. The normalized spacial score (nSPS) is 16.3. The lowest BCUT2D eigenvalue weighted by Crippen LogP contribution is -2.29. The van der Waals surface area contributed by atoms with E-state index in [-0.39, 0.29) is 6.04 Å². The molecule has 0 radical (unpaired) electrons. The number of rotatable bonds is 7. The van der Waals surface area contributed by atoms with Crippen LogP contribution in [0.25, 0.3) is 0 Å². The fraction of sp³-hybridized carbons (Fsp3) is 1.00. The van der Waals surface area contributed by atoms with Crippen molar-refractivity contribution in [3.05, 3.63) is 0 Å². The minimum absolute atomic E-state index is 0.265. The third-order valence-corrected chi connectivity index (χ3v) is 4.48. The predicted molar refractivity (Wildman–Crippen MR) is 71.0 cm³/mol. The molecule has 0 aromatic rings. The smallest absolute Gasteiger partial charge is 0.321 e. The summed E-state index contributed by atoms with van der Waals surface area (Å²) < 4.78 is 11.0. The zero-order chi connectivity index (χ0) is 12.2. The maximum Gasteiger partial charge on any atom is 0.321 e. The van der Waals surface area contributed by atoms with Gasteiger partial charge in [-0.05, 0) is 52.7 Å². The molecular formula is C11H28N2O2Si. The van der Waals surface area contributed by atoms with E-state index in [0.29, 0.717) is 0 Å². The Hall–Kier alpha value is 0.0569. The number of hydrogen-bond donors (Lipinski definition) is 2. The van der Waals surface area contributed by atoms with Gasteiger partial charge in [-0.3, -0.25) is 0 Å². The van der Waals surface area contributed by atoms with E-state index in [1.807, 2.05) is 20.8 Å². The van der Waals surface area contributed by atoms with Crippen LogP contribution >= 0.6 is 0 Å². The molecule has 4 nitrogen and oxygen atoms in total. The molecule has 0 aromatic heterocycles. The molecule has 1 aliphatic heterocycles.